The number of benzene rings is 2. The zero-order chi connectivity index (χ0) is 23.8. The Kier molecular flexibility index (Phi) is 7.60. The molecule has 174 valence electrons. The molecule has 2 amide bonds. The van der Waals surface area contributed by atoms with Crippen LogP contribution in [0.4, 0.5) is 5.69 Å². The number of amides is 2. The number of unbranched alkanes of at least 4 members (excludes halogenated alkanes) is 3. The fourth-order valence-electron chi connectivity index (χ4n) is 3.90. The minimum atomic E-state index is -0.298. The number of carbonyl (C=O) groups is 2. The number of anilines is 1. The number of pyridine rings is 1. The second kappa shape index (κ2) is 11.2. The molecule has 2 heterocycles. The molecule has 2 N–H and O–H groups in total. The van der Waals surface area contributed by atoms with Crippen molar-refractivity contribution in [2.24, 2.45) is 0 Å². The summed E-state index contributed by atoms with van der Waals surface area (Å²) in [6, 6.07) is 14.9. The minimum absolute atomic E-state index is 0.207. The summed E-state index contributed by atoms with van der Waals surface area (Å²) in [6.07, 6.45) is 9.26. The fraction of sp³-hybridized carbons (Fsp3) is 0.269. The predicted octanol–water partition coefficient (Wildman–Crippen LogP) is 4.44. The standard InChI is InChI=1S/C26H28N6O2/c1-2-3-4-7-14-28-26(34)24-23(11-8-15-27-24)30-25(33)22-13-12-19(18-32-17-16-29-31-32)20-9-5-6-10-21(20)22/h5-6,8-13,15-17H,2-4,7,14,18H2,1H3,(H,28,34)(H,30,33). The van der Waals surface area contributed by atoms with Gasteiger partial charge >= 0.3 is 0 Å². The Bertz CT molecular complexity index is 1270. The van der Waals surface area contributed by atoms with Crippen LogP contribution in [0.15, 0.2) is 67.1 Å². The molecule has 0 aliphatic rings. The molecule has 34 heavy (non-hydrogen) atoms. The first-order valence-electron chi connectivity index (χ1n) is 11.6. The van der Waals surface area contributed by atoms with E-state index in [4.69, 9.17) is 0 Å². The smallest absolute Gasteiger partial charge is 0.272 e. The van der Waals surface area contributed by atoms with Crippen LogP contribution in [-0.2, 0) is 6.54 Å². The molecular formula is C26H28N6O2. The molecule has 0 bridgehead atoms. The molecule has 0 fully saturated rings. The van der Waals surface area contributed by atoms with Gasteiger partial charge in [-0.3, -0.25) is 9.59 Å². The summed E-state index contributed by atoms with van der Waals surface area (Å²) in [6.45, 7) is 3.28. The van der Waals surface area contributed by atoms with Crippen LogP contribution in [0.5, 0.6) is 0 Å². The van der Waals surface area contributed by atoms with Crippen molar-refractivity contribution in [3.05, 3.63) is 83.9 Å². The quantitative estimate of drug-likeness (QED) is 0.344. The van der Waals surface area contributed by atoms with Gasteiger partial charge in [0.1, 0.15) is 0 Å². The van der Waals surface area contributed by atoms with Crippen molar-refractivity contribution in [3.63, 3.8) is 0 Å². The van der Waals surface area contributed by atoms with Gasteiger partial charge in [-0.15, -0.1) is 5.10 Å². The molecule has 0 unspecified atom stereocenters. The van der Waals surface area contributed by atoms with E-state index in [-0.39, 0.29) is 17.5 Å². The van der Waals surface area contributed by atoms with Gasteiger partial charge in [0.2, 0.25) is 0 Å². The second-order valence-corrected chi connectivity index (χ2v) is 8.09. The molecule has 0 aliphatic carbocycles. The normalized spacial score (nSPS) is 10.9. The van der Waals surface area contributed by atoms with Gasteiger partial charge in [0.15, 0.2) is 5.69 Å². The Hall–Kier alpha value is -4.07. The highest BCUT2D eigenvalue weighted by atomic mass is 16.2. The van der Waals surface area contributed by atoms with Crippen LogP contribution >= 0.6 is 0 Å². The lowest BCUT2D eigenvalue weighted by molar-refractivity contribution is 0.0949. The van der Waals surface area contributed by atoms with Gasteiger partial charge in [0, 0.05) is 24.5 Å². The van der Waals surface area contributed by atoms with E-state index >= 15 is 0 Å². The number of nitrogens with one attached hydrogen (secondary N) is 2. The Morgan fingerprint density at radius 3 is 2.56 bits per heavy atom. The number of nitrogens with zero attached hydrogens (tertiary/aromatic N) is 4. The number of rotatable bonds is 10. The Labute approximate surface area is 198 Å². The van der Waals surface area contributed by atoms with E-state index in [9.17, 15) is 9.59 Å². The van der Waals surface area contributed by atoms with Crippen LogP contribution in [0.1, 0.15) is 59.0 Å². The van der Waals surface area contributed by atoms with Crippen LogP contribution < -0.4 is 10.6 Å². The SMILES string of the molecule is CCCCCCNC(=O)c1ncccc1NC(=O)c1ccc(Cn2ccnn2)c2ccccc12. The van der Waals surface area contributed by atoms with Gasteiger partial charge in [-0.25, -0.2) is 9.67 Å². The molecule has 8 heteroatoms. The number of fused-ring (bicyclic) bond motifs is 1. The first-order valence-corrected chi connectivity index (χ1v) is 11.6. The van der Waals surface area contributed by atoms with Crippen LogP contribution in [0, 0.1) is 0 Å². The Morgan fingerprint density at radius 1 is 0.912 bits per heavy atom. The van der Waals surface area contributed by atoms with E-state index in [1.165, 1.54) is 0 Å². The molecule has 8 nitrogen and oxygen atoms in total. The molecule has 0 aliphatic heterocycles. The third kappa shape index (κ3) is 5.46. The molecule has 4 aromatic rings. The average molecular weight is 457 g/mol. The summed E-state index contributed by atoms with van der Waals surface area (Å²) >= 11 is 0. The lowest BCUT2D eigenvalue weighted by Crippen LogP contribution is -2.27. The van der Waals surface area contributed by atoms with Gasteiger partial charge in [-0.05, 0) is 41.0 Å². The van der Waals surface area contributed by atoms with Crippen LogP contribution in [0.25, 0.3) is 10.8 Å². The molecule has 0 saturated heterocycles. The molecule has 0 radical (unpaired) electrons. The van der Waals surface area contributed by atoms with Crippen LogP contribution in [0.2, 0.25) is 0 Å². The van der Waals surface area contributed by atoms with Gasteiger partial charge in [-0.1, -0.05) is 61.7 Å². The molecular weight excluding hydrogens is 428 g/mol. The maximum absolute atomic E-state index is 13.3. The minimum Gasteiger partial charge on any atom is -0.351 e. The van der Waals surface area contributed by atoms with Crippen molar-refractivity contribution in [2.75, 3.05) is 11.9 Å². The lowest BCUT2D eigenvalue weighted by atomic mass is 9.99. The van der Waals surface area contributed by atoms with Crippen molar-refractivity contribution in [3.8, 4) is 0 Å². The summed E-state index contributed by atoms with van der Waals surface area (Å²) < 4.78 is 1.74. The van der Waals surface area contributed by atoms with Crippen molar-refractivity contribution in [1.29, 1.82) is 0 Å². The second-order valence-electron chi connectivity index (χ2n) is 8.09. The summed E-state index contributed by atoms with van der Waals surface area (Å²) in [7, 11) is 0. The van der Waals surface area contributed by atoms with Crippen molar-refractivity contribution in [1.82, 2.24) is 25.3 Å². The van der Waals surface area contributed by atoms with E-state index in [2.05, 4.69) is 32.9 Å². The Balaban J connectivity index is 1.53. The molecule has 2 aromatic heterocycles. The predicted molar refractivity (Wildman–Crippen MR) is 132 cm³/mol. The van der Waals surface area contributed by atoms with Gasteiger partial charge in [0.05, 0.1) is 18.4 Å². The maximum Gasteiger partial charge on any atom is 0.272 e. The number of carbonyl (C=O) groups excluding carboxylic acids is 2. The van der Waals surface area contributed by atoms with E-state index in [0.29, 0.717) is 24.3 Å². The topological polar surface area (TPSA) is 102 Å². The highest BCUT2D eigenvalue weighted by molar-refractivity contribution is 6.15. The molecule has 4 rings (SSSR count). The number of hydrogen-bond donors (Lipinski definition) is 2. The summed E-state index contributed by atoms with van der Waals surface area (Å²) in [5.74, 6) is -0.589. The molecule has 2 aromatic carbocycles. The first-order chi connectivity index (χ1) is 16.7. The van der Waals surface area contributed by atoms with Crippen molar-refractivity contribution < 1.29 is 9.59 Å². The molecule has 0 spiro atoms. The Morgan fingerprint density at radius 2 is 1.76 bits per heavy atom. The first kappa shape index (κ1) is 23.1. The van der Waals surface area contributed by atoms with Crippen LogP contribution in [0.3, 0.4) is 0 Å². The van der Waals surface area contributed by atoms with E-state index in [1.54, 1.807) is 41.5 Å². The zero-order valence-electron chi connectivity index (χ0n) is 19.2. The molecule has 0 saturated carbocycles. The fourth-order valence-corrected chi connectivity index (χ4v) is 3.90. The monoisotopic (exact) mass is 456 g/mol. The molecule has 0 atom stereocenters. The largest absolute Gasteiger partial charge is 0.351 e. The summed E-state index contributed by atoms with van der Waals surface area (Å²) in [5.41, 5.74) is 2.14. The van der Waals surface area contributed by atoms with Gasteiger partial charge in [-0.2, -0.15) is 0 Å². The maximum atomic E-state index is 13.3. The number of aromatic nitrogens is 4. The van der Waals surface area contributed by atoms with Gasteiger partial charge in [0.25, 0.3) is 11.8 Å². The van der Waals surface area contributed by atoms with E-state index in [1.807, 2.05) is 30.3 Å². The highest BCUT2D eigenvalue weighted by Crippen LogP contribution is 2.25. The van der Waals surface area contributed by atoms with Crippen molar-refractivity contribution in [2.45, 2.75) is 39.2 Å². The number of hydrogen-bond acceptors (Lipinski definition) is 5. The third-order valence-corrected chi connectivity index (χ3v) is 5.65. The summed E-state index contributed by atoms with van der Waals surface area (Å²) in [5, 5.41) is 15.5. The zero-order valence-corrected chi connectivity index (χ0v) is 19.2. The van der Waals surface area contributed by atoms with Crippen molar-refractivity contribution >= 4 is 28.3 Å². The van der Waals surface area contributed by atoms with Crippen LogP contribution in [-0.4, -0.2) is 38.3 Å². The average Bonchev–Trinajstić information content (AvgIpc) is 3.37. The van der Waals surface area contributed by atoms with Gasteiger partial charge < -0.3 is 10.6 Å². The van der Waals surface area contributed by atoms with E-state index < -0.39 is 0 Å². The lowest BCUT2D eigenvalue weighted by Gasteiger charge is -2.13. The van der Waals surface area contributed by atoms with E-state index in [0.717, 1.165) is 42.0 Å². The highest BCUT2D eigenvalue weighted by Gasteiger charge is 2.17. The summed E-state index contributed by atoms with van der Waals surface area (Å²) in [4.78, 5) is 30.2. The third-order valence-electron chi connectivity index (χ3n) is 5.65.